The third-order valence-electron chi connectivity index (χ3n) is 4.17. The number of carbonyl (C=O) groups excluding carboxylic acids is 1. The number of amides is 1. The molecule has 0 aromatic heterocycles. The number of nitrogens with one attached hydrogen (secondary N) is 1. The Bertz CT molecular complexity index is 835. The molecule has 7 heteroatoms. The van der Waals surface area contributed by atoms with Crippen LogP contribution in [0, 0.1) is 17.5 Å². The number of hydrogen-bond acceptors (Lipinski definition) is 3. The predicted octanol–water partition coefficient (Wildman–Crippen LogP) is 3.23. The van der Waals surface area contributed by atoms with Crippen LogP contribution in [0.5, 0.6) is 11.5 Å². The van der Waals surface area contributed by atoms with Gasteiger partial charge in [-0.1, -0.05) is 0 Å². The van der Waals surface area contributed by atoms with E-state index in [1.165, 1.54) is 0 Å². The topological polar surface area (TPSA) is 47.6 Å². The van der Waals surface area contributed by atoms with Crippen LogP contribution in [0.3, 0.4) is 0 Å². The van der Waals surface area contributed by atoms with Gasteiger partial charge in [0, 0.05) is 24.0 Å². The average Bonchev–Trinajstić information content (AvgIpc) is 3.21. The molecule has 0 radical (unpaired) electrons. The van der Waals surface area contributed by atoms with Crippen LogP contribution >= 0.6 is 0 Å². The van der Waals surface area contributed by atoms with Crippen molar-refractivity contribution in [1.29, 1.82) is 0 Å². The molecule has 2 aromatic carbocycles. The van der Waals surface area contributed by atoms with E-state index in [9.17, 15) is 18.0 Å². The minimum absolute atomic E-state index is 0.409. The summed E-state index contributed by atoms with van der Waals surface area (Å²) in [5.41, 5.74) is 1.48. The minimum Gasteiger partial charge on any atom is -0.493 e. The van der Waals surface area contributed by atoms with Crippen LogP contribution in [0.1, 0.15) is 21.5 Å². The van der Waals surface area contributed by atoms with Crippen LogP contribution in [0.15, 0.2) is 18.2 Å². The second kappa shape index (κ2) is 5.43. The molecule has 0 saturated carbocycles. The van der Waals surface area contributed by atoms with Crippen LogP contribution in [0.4, 0.5) is 18.9 Å². The molecule has 2 heterocycles. The number of benzene rings is 2. The lowest BCUT2D eigenvalue weighted by molar-refractivity contribution is 0.102. The van der Waals surface area contributed by atoms with Crippen molar-refractivity contribution in [1.82, 2.24) is 0 Å². The number of carbonyl (C=O) groups is 1. The van der Waals surface area contributed by atoms with E-state index >= 15 is 0 Å². The standard InChI is InChI=1S/C17H12F3NO3/c18-11-2-1-10(13(19)14(11)20)17(22)21-15-9-4-6-23-12(9)7-8-3-5-24-16(8)15/h1-2,7H,3-6H2,(H,21,22). The van der Waals surface area contributed by atoms with E-state index in [1.807, 2.05) is 6.07 Å². The van der Waals surface area contributed by atoms with Gasteiger partial charge in [-0.05, 0) is 18.2 Å². The number of rotatable bonds is 2. The van der Waals surface area contributed by atoms with Gasteiger partial charge in [-0.3, -0.25) is 4.79 Å². The van der Waals surface area contributed by atoms with Gasteiger partial charge < -0.3 is 14.8 Å². The lowest BCUT2D eigenvalue weighted by Crippen LogP contribution is -2.16. The van der Waals surface area contributed by atoms with Crippen molar-refractivity contribution >= 4 is 11.6 Å². The fraction of sp³-hybridized carbons (Fsp3) is 0.235. The largest absolute Gasteiger partial charge is 0.493 e. The first kappa shape index (κ1) is 14.9. The first-order valence-electron chi connectivity index (χ1n) is 7.45. The normalized spacial score (nSPS) is 14.6. The van der Waals surface area contributed by atoms with Crippen LogP contribution < -0.4 is 14.8 Å². The summed E-state index contributed by atoms with van der Waals surface area (Å²) in [4.78, 5) is 12.4. The molecule has 4 rings (SSSR count). The molecule has 0 bridgehead atoms. The van der Waals surface area contributed by atoms with Crippen LogP contribution in [0.25, 0.3) is 0 Å². The fourth-order valence-electron chi connectivity index (χ4n) is 3.00. The molecule has 2 aromatic rings. The van der Waals surface area contributed by atoms with Gasteiger partial charge in [-0.15, -0.1) is 0 Å². The number of hydrogen-bond donors (Lipinski definition) is 1. The molecule has 0 saturated heterocycles. The molecule has 1 N–H and O–H groups in total. The highest BCUT2D eigenvalue weighted by molar-refractivity contribution is 6.06. The molecule has 1 amide bonds. The van der Waals surface area contributed by atoms with Crippen molar-refractivity contribution in [2.75, 3.05) is 18.5 Å². The highest BCUT2D eigenvalue weighted by Crippen LogP contribution is 2.44. The van der Waals surface area contributed by atoms with E-state index in [0.717, 1.165) is 17.2 Å². The van der Waals surface area contributed by atoms with E-state index in [4.69, 9.17) is 9.47 Å². The summed E-state index contributed by atoms with van der Waals surface area (Å²) in [6.07, 6.45) is 1.25. The monoisotopic (exact) mass is 335 g/mol. The Balaban J connectivity index is 1.74. The zero-order chi connectivity index (χ0) is 16.8. The van der Waals surface area contributed by atoms with E-state index in [2.05, 4.69) is 5.32 Å². The number of halogens is 3. The van der Waals surface area contributed by atoms with Gasteiger partial charge in [-0.2, -0.15) is 0 Å². The van der Waals surface area contributed by atoms with Gasteiger partial charge in [0.1, 0.15) is 11.5 Å². The molecule has 2 aliphatic heterocycles. The van der Waals surface area contributed by atoms with Gasteiger partial charge in [0.2, 0.25) is 0 Å². The Morgan fingerprint density at radius 2 is 1.83 bits per heavy atom. The van der Waals surface area contributed by atoms with Crippen molar-refractivity contribution in [3.63, 3.8) is 0 Å². The maximum atomic E-state index is 13.8. The second-order valence-electron chi connectivity index (χ2n) is 5.59. The molecule has 2 aliphatic rings. The SMILES string of the molecule is O=C(Nc1c2c(cc3c1OCC3)OCC2)c1ccc(F)c(F)c1F. The van der Waals surface area contributed by atoms with Gasteiger partial charge in [-0.25, -0.2) is 13.2 Å². The highest BCUT2D eigenvalue weighted by Gasteiger charge is 2.28. The maximum Gasteiger partial charge on any atom is 0.258 e. The molecular formula is C17H12F3NO3. The van der Waals surface area contributed by atoms with Crippen molar-refractivity contribution < 1.29 is 27.4 Å². The van der Waals surface area contributed by atoms with Gasteiger partial charge in [0.25, 0.3) is 5.91 Å². The molecule has 0 fully saturated rings. The quantitative estimate of drug-likeness (QED) is 0.857. The van der Waals surface area contributed by atoms with E-state index in [-0.39, 0.29) is 0 Å². The summed E-state index contributed by atoms with van der Waals surface area (Å²) in [5, 5.41) is 2.57. The molecular weight excluding hydrogens is 323 g/mol. The highest BCUT2D eigenvalue weighted by atomic mass is 19.2. The molecule has 0 aliphatic carbocycles. The zero-order valence-electron chi connectivity index (χ0n) is 12.4. The average molecular weight is 335 g/mol. The summed E-state index contributed by atoms with van der Waals surface area (Å²) in [6, 6.07) is 3.50. The molecule has 124 valence electrons. The summed E-state index contributed by atoms with van der Waals surface area (Å²) < 4.78 is 51.3. The fourth-order valence-corrected chi connectivity index (χ4v) is 3.00. The van der Waals surface area contributed by atoms with Crippen LogP contribution in [0.2, 0.25) is 0 Å². The van der Waals surface area contributed by atoms with Crippen molar-refractivity contribution in [3.05, 3.63) is 52.3 Å². The van der Waals surface area contributed by atoms with Crippen LogP contribution in [-0.4, -0.2) is 19.1 Å². The first-order chi connectivity index (χ1) is 11.6. The molecule has 0 atom stereocenters. The van der Waals surface area contributed by atoms with E-state index < -0.39 is 28.9 Å². The Labute approximate surface area is 135 Å². The summed E-state index contributed by atoms with van der Waals surface area (Å²) >= 11 is 0. The van der Waals surface area contributed by atoms with Crippen LogP contribution in [-0.2, 0) is 12.8 Å². The van der Waals surface area contributed by atoms with E-state index in [0.29, 0.717) is 49.3 Å². The third-order valence-corrected chi connectivity index (χ3v) is 4.17. The molecule has 4 nitrogen and oxygen atoms in total. The van der Waals surface area contributed by atoms with Gasteiger partial charge >= 0.3 is 0 Å². The van der Waals surface area contributed by atoms with Crippen molar-refractivity contribution in [2.45, 2.75) is 12.8 Å². The number of ether oxygens (including phenoxy) is 2. The van der Waals surface area contributed by atoms with E-state index in [1.54, 1.807) is 0 Å². The summed E-state index contributed by atoms with van der Waals surface area (Å²) in [7, 11) is 0. The summed E-state index contributed by atoms with van der Waals surface area (Å²) in [6.45, 7) is 0.946. The second-order valence-corrected chi connectivity index (χ2v) is 5.59. The molecule has 0 spiro atoms. The van der Waals surface area contributed by atoms with Crippen molar-refractivity contribution in [2.24, 2.45) is 0 Å². The zero-order valence-corrected chi connectivity index (χ0v) is 12.4. The molecule has 0 unspecified atom stereocenters. The Morgan fingerprint density at radius 3 is 2.67 bits per heavy atom. The Hall–Kier alpha value is -2.70. The van der Waals surface area contributed by atoms with Gasteiger partial charge in [0.15, 0.2) is 17.5 Å². The smallest absolute Gasteiger partial charge is 0.258 e. The maximum absolute atomic E-state index is 13.8. The number of fused-ring (bicyclic) bond motifs is 2. The number of anilines is 1. The van der Waals surface area contributed by atoms with Gasteiger partial charge in [0.05, 0.1) is 24.5 Å². The Morgan fingerprint density at radius 1 is 1.04 bits per heavy atom. The minimum atomic E-state index is -1.68. The molecule has 24 heavy (non-hydrogen) atoms. The van der Waals surface area contributed by atoms with Crippen molar-refractivity contribution in [3.8, 4) is 11.5 Å². The predicted molar refractivity (Wildman–Crippen MR) is 79.1 cm³/mol. The Kier molecular flexibility index (Phi) is 3.37. The lowest BCUT2D eigenvalue weighted by Gasteiger charge is -2.14. The lowest BCUT2D eigenvalue weighted by atomic mass is 10.0. The third kappa shape index (κ3) is 2.19. The first-order valence-corrected chi connectivity index (χ1v) is 7.45. The summed E-state index contributed by atoms with van der Waals surface area (Å²) in [5.74, 6) is -4.23.